The fourth-order valence-electron chi connectivity index (χ4n) is 6.07. The van der Waals surface area contributed by atoms with E-state index < -0.39 is 77.3 Å². The average Bonchev–Trinajstić information content (AvgIpc) is 3.71. The number of rotatable bonds is 27. The highest BCUT2D eigenvalue weighted by atomic mass is 16.6. The Morgan fingerprint density at radius 3 is 2.24 bits per heavy atom. The van der Waals surface area contributed by atoms with Crippen LogP contribution in [0.5, 0.6) is 0 Å². The molecule has 62 heavy (non-hydrogen) atoms. The number of likely N-dealkylation sites (tertiary alicyclic amines) is 1. The molecule has 8 amide bonds. The molecule has 1 aromatic rings. The first kappa shape index (κ1) is 52.2. The SMILES string of the molecule is C/C=C/CCCOC(=O)N1CC[C@H](NC(=O)C(CCCCNC(=O)CCC(C=O)NC(=O)CNC(=O)CN)NC(=O)C(Cc2ccccc2)NC(=O)C(C)NC(=O)C(C)(C)N)C1. The summed E-state index contributed by atoms with van der Waals surface area (Å²) >= 11 is 0. The van der Waals surface area contributed by atoms with Crippen LogP contribution >= 0.6 is 0 Å². The van der Waals surface area contributed by atoms with Crippen molar-refractivity contribution in [2.75, 3.05) is 39.3 Å². The number of benzene rings is 1. The van der Waals surface area contributed by atoms with Crippen molar-refractivity contribution in [1.29, 1.82) is 0 Å². The van der Waals surface area contributed by atoms with Gasteiger partial charge in [0.1, 0.15) is 24.4 Å². The van der Waals surface area contributed by atoms with Crippen molar-refractivity contribution in [1.82, 2.24) is 42.1 Å². The van der Waals surface area contributed by atoms with Crippen molar-refractivity contribution in [3.8, 4) is 0 Å². The lowest BCUT2D eigenvalue weighted by molar-refractivity contribution is -0.134. The van der Waals surface area contributed by atoms with Gasteiger partial charge in [-0.15, -0.1) is 0 Å². The molecular weight excluding hydrogens is 805 g/mol. The summed E-state index contributed by atoms with van der Waals surface area (Å²) in [5.41, 5.74) is 10.5. The molecule has 0 spiro atoms. The molecular formula is C42H66N10O10. The van der Waals surface area contributed by atoms with Crippen LogP contribution in [0, 0.1) is 0 Å². The van der Waals surface area contributed by atoms with Gasteiger partial charge in [0.05, 0.1) is 31.3 Å². The number of unbranched alkanes of at least 4 members (excludes halogenated alkanes) is 2. The number of carbonyl (C=O) groups is 9. The predicted molar refractivity (Wildman–Crippen MR) is 230 cm³/mol. The average molecular weight is 871 g/mol. The highest BCUT2D eigenvalue weighted by Crippen LogP contribution is 2.13. The second kappa shape index (κ2) is 27.9. The molecule has 20 heteroatoms. The minimum absolute atomic E-state index is 0.0178. The minimum Gasteiger partial charge on any atom is -0.449 e. The van der Waals surface area contributed by atoms with Crippen molar-refractivity contribution in [3.05, 3.63) is 48.0 Å². The summed E-state index contributed by atoms with van der Waals surface area (Å²) in [5.74, 6) is -3.90. The van der Waals surface area contributed by atoms with Crippen LogP contribution in [-0.4, -0.2) is 134 Å². The third kappa shape index (κ3) is 20.6. The van der Waals surface area contributed by atoms with E-state index in [0.29, 0.717) is 38.5 Å². The van der Waals surface area contributed by atoms with Crippen LogP contribution in [0.2, 0.25) is 0 Å². The molecule has 1 aliphatic rings. The highest BCUT2D eigenvalue weighted by Gasteiger charge is 2.33. The Labute approximate surface area is 363 Å². The second-order valence-electron chi connectivity index (χ2n) is 15.7. The van der Waals surface area contributed by atoms with Gasteiger partial charge in [-0.05, 0) is 78.2 Å². The summed E-state index contributed by atoms with van der Waals surface area (Å²) in [6.07, 6.45) is 6.75. The van der Waals surface area contributed by atoms with Crippen LogP contribution in [0.3, 0.4) is 0 Å². The van der Waals surface area contributed by atoms with Gasteiger partial charge in [0.25, 0.3) is 0 Å². The zero-order chi connectivity index (χ0) is 46.1. The molecule has 1 fully saturated rings. The quantitative estimate of drug-likeness (QED) is 0.0291. The van der Waals surface area contributed by atoms with Crippen molar-refractivity contribution >= 4 is 53.7 Å². The normalized spacial score (nSPS) is 15.6. The number of nitrogens with two attached hydrogens (primary N) is 2. The Bertz CT molecular complexity index is 1690. The van der Waals surface area contributed by atoms with Crippen LogP contribution in [0.25, 0.3) is 0 Å². The second-order valence-corrected chi connectivity index (χ2v) is 15.7. The Morgan fingerprint density at radius 2 is 1.58 bits per heavy atom. The molecule has 0 saturated carbocycles. The van der Waals surface area contributed by atoms with Crippen LogP contribution in [0.4, 0.5) is 4.79 Å². The van der Waals surface area contributed by atoms with E-state index in [2.05, 4.69) is 37.2 Å². The smallest absolute Gasteiger partial charge is 0.409 e. The van der Waals surface area contributed by atoms with Crippen LogP contribution in [0.1, 0.15) is 84.6 Å². The molecule has 344 valence electrons. The minimum atomic E-state index is -1.26. The molecule has 0 radical (unpaired) electrons. The number of nitrogens with one attached hydrogen (secondary N) is 7. The summed E-state index contributed by atoms with van der Waals surface area (Å²) in [4.78, 5) is 115. The summed E-state index contributed by atoms with van der Waals surface area (Å²) in [7, 11) is 0. The van der Waals surface area contributed by atoms with E-state index in [0.717, 1.165) is 12.0 Å². The predicted octanol–water partition coefficient (Wildman–Crippen LogP) is -1.05. The highest BCUT2D eigenvalue weighted by molar-refractivity contribution is 5.95. The fourth-order valence-corrected chi connectivity index (χ4v) is 6.07. The van der Waals surface area contributed by atoms with E-state index in [9.17, 15) is 43.2 Å². The molecule has 2 rings (SSSR count). The maximum absolute atomic E-state index is 14.0. The number of hydrogen-bond donors (Lipinski definition) is 9. The van der Waals surface area contributed by atoms with Gasteiger partial charge in [-0.25, -0.2) is 4.79 Å². The van der Waals surface area contributed by atoms with E-state index >= 15 is 0 Å². The van der Waals surface area contributed by atoms with E-state index in [1.54, 1.807) is 30.3 Å². The number of aldehydes is 1. The zero-order valence-corrected chi connectivity index (χ0v) is 36.3. The van der Waals surface area contributed by atoms with Gasteiger partial charge < -0.3 is 63.1 Å². The first-order valence-electron chi connectivity index (χ1n) is 21.0. The largest absolute Gasteiger partial charge is 0.449 e. The van der Waals surface area contributed by atoms with Crippen LogP contribution in [0.15, 0.2) is 42.5 Å². The summed E-state index contributed by atoms with van der Waals surface area (Å²) in [6, 6.07) is 4.29. The number of allylic oxidation sites excluding steroid dienone is 2. The van der Waals surface area contributed by atoms with Crippen LogP contribution in [-0.2, 0) is 49.5 Å². The molecule has 1 aliphatic heterocycles. The summed E-state index contributed by atoms with van der Waals surface area (Å²) in [5, 5.41) is 18.5. The Hall–Kier alpha value is -5.89. The first-order valence-corrected chi connectivity index (χ1v) is 21.0. The molecule has 11 N–H and O–H groups in total. The monoisotopic (exact) mass is 870 g/mol. The van der Waals surface area contributed by atoms with Gasteiger partial charge in [-0.2, -0.15) is 0 Å². The van der Waals surface area contributed by atoms with Crippen molar-refractivity contribution in [3.63, 3.8) is 0 Å². The standard InChI is InChI=1S/C42H66N10O10/c1-5-6-7-13-22-62-41(61)52-21-19-30(26-52)49-38(58)32(16-11-12-20-45-34(54)18-17-31(27-53)48-36(56)25-46-35(55)24-43)50-39(59)33(23-29-14-9-8-10-15-29)51-37(57)28(2)47-40(60)42(3,4)44/h5-6,8-10,14-15,27-28,30-33H,7,11-13,16-26,43-44H2,1-4H3,(H,45,54)(H,46,55)(H,47,60)(H,48,56)(H,49,58)(H,50,59)(H,51,57)/b6-5+/t28?,30-,31?,32?,33?/m0/s1. The lowest BCUT2D eigenvalue weighted by Gasteiger charge is -2.26. The third-order valence-electron chi connectivity index (χ3n) is 9.71. The molecule has 4 unspecified atom stereocenters. The van der Waals surface area contributed by atoms with E-state index in [4.69, 9.17) is 16.2 Å². The lowest BCUT2D eigenvalue weighted by Crippen LogP contribution is -2.59. The van der Waals surface area contributed by atoms with Gasteiger partial charge in [0, 0.05) is 38.5 Å². The van der Waals surface area contributed by atoms with Gasteiger partial charge in [0.2, 0.25) is 41.4 Å². The van der Waals surface area contributed by atoms with E-state index in [-0.39, 0.29) is 64.4 Å². The Morgan fingerprint density at radius 1 is 0.871 bits per heavy atom. The van der Waals surface area contributed by atoms with Crippen LogP contribution < -0.4 is 48.7 Å². The lowest BCUT2D eigenvalue weighted by atomic mass is 10.0. The molecule has 5 atom stereocenters. The maximum atomic E-state index is 14.0. The Balaban J connectivity index is 2.11. The molecule has 20 nitrogen and oxygen atoms in total. The number of ether oxygens (including phenoxy) is 1. The molecule has 1 saturated heterocycles. The number of amides is 8. The van der Waals surface area contributed by atoms with E-state index in [1.165, 1.54) is 25.7 Å². The van der Waals surface area contributed by atoms with Crippen molar-refractivity contribution < 1.29 is 47.9 Å². The van der Waals surface area contributed by atoms with Gasteiger partial charge in [-0.1, -0.05) is 42.5 Å². The van der Waals surface area contributed by atoms with Crippen molar-refractivity contribution in [2.24, 2.45) is 11.5 Å². The van der Waals surface area contributed by atoms with Crippen molar-refractivity contribution in [2.45, 2.75) is 121 Å². The number of hydrogen-bond acceptors (Lipinski definition) is 12. The van der Waals surface area contributed by atoms with Gasteiger partial charge in [0.15, 0.2) is 0 Å². The number of carbonyl (C=O) groups excluding carboxylic acids is 9. The molecule has 0 bridgehead atoms. The Kier molecular flexibility index (Phi) is 23.5. The first-order chi connectivity index (χ1) is 29.5. The fraction of sp³-hybridized carbons (Fsp3) is 0.595. The topological polar surface area (TPSA) is 302 Å². The maximum Gasteiger partial charge on any atom is 0.409 e. The third-order valence-corrected chi connectivity index (χ3v) is 9.71. The molecule has 0 aromatic heterocycles. The number of nitrogens with zero attached hydrogens (tertiary/aromatic N) is 1. The molecule has 1 heterocycles. The summed E-state index contributed by atoms with van der Waals surface area (Å²) in [6.45, 7) is 6.73. The van der Waals surface area contributed by atoms with E-state index in [1.807, 2.05) is 19.1 Å². The molecule has 1 aromatic carbocycles. The molecule has 0 aliphatic carbocycles. The summed E-state index contributed by atoms with van der Waals surface area (Å²) < 4.78 is 5.39. The zero-order valence-electron chi connectivity index (χ0n) is 36.3. The van der Waals surface area contributed by atoms with Gasteiger partial charge in [-0.3, -0.25) is 33.6 Å². The van der Waals surface area contributed by atoms with Gasteiger partial charge >= 0.3 is 6.09 Å².